The van der Waals surface area contributed by atoms with E-state index in [-0.39, 0.29) is 5.82 Å². The molecule has 0 N–H and O–H groups in total. The number of fused-ring (bicyclic) bond motifs is 1. The normalized spacial score (nSPS) is 16.8. The number of hydrogen-bond acceptors (Lipinski definition) is 5. The summed E-state index contributed by atoms with van der Waals surface area (Å²) in [5, 5.41) is 0. The summed E-state index contributed by atoms with van der Waals surface area (Å²) < 4.78 is 14.0. The monoisotopic (exact) mass is 401 g/mol. The summed E-state index contributed by atoms with van der Waals surface area (Å²) >= 11 is 0. The molecule has 152 valence electrons. The second-order valence-electron chi connectivity index (χ2n) is 7.94. The van der Waals surface area contributed by atoms with Gasteiger partial charge < -0.3 is 0 Å². The fourth-order valence-corrected chi connectivity index (χ4v) is 4.13. The highest BCUT2D eigenvalue weighted by atomic mass is 19.1. The third kappa shape index (κ3) is 4.00. The SMILES string of the molecule is Fc1ccccc1-c1ccc(CN2CCc3nc(C4=NCCCC4)ncc3C2)cn1. The molecular weight excluding hydrogens is 377 g/mol. The Hall–Kier alpha value is -2.99. The molecule has 0 unspecified atom stereocenters. The predicted molar refractivity (Wildman–Crippen MR) is 115 cm³/mol. The highest BCUT2D eigenvalue weighted by Gasteiger charge is 2.20. The van der Waals surface area contributed by atoms with Crippen molar-refractivity contribution in [2.45, 2.75) is 38.8 Å². The van der Waals surface area contributed by atoms with Gasteiger partial charge in [-0.25, -0.2) is 14.4 Å². The number of pyridine rings is 1. The lowest BCUT2D eigenvalue weighted by atomic mass is 10.0. The molecule has 2 aliphatic rings. The van der Waals surface area contributed by atoms with Crippen LogP contribution in [0, 0.1) is 5.82 Å². The summed E-state index contributed by atoms with van der Waals surface area (Å²) in [5.74, 6) is 0.568. The van der Waals surface area contributed by atoms with Crippen LogP contribution in [-0.4, -0.2) is 38.7 Å². The Morgan fingerprint density at radius 2 is 1.90 bits per heavy atom. The maximum absolute atomic E-state index is 14.0. The average molecular weight is 401 g/mol. The molecule has 0 amide bonds. The number of benzene rings is 1. The smallest absolute Gasteiger partial charge is 0.173 e. The average Bonchev–Trinajstić information content (AvgIpc) is 2.80. The molecule has 0 atom stereocenters. The molecule has 0 fully saturated rings. The molecule has 0 spiro atoms. The van der Waals surface area contributed by atoms with E-state index < -0.39 is 0 Å². The van der Waals surface area contributed by atoms with E-state index in [2.05, 4.69) is 19.9 Å². The highest BCUT2D eigenvalue weighted by Crippen LogP contribution is 2.23. The first-order chi connectivity index (χ1) is 14.8. The Bertz CT molecular complexity index is 1080. The van der Waals surface area contributed by atoms with Gasteiger partial charge >= 0.3 is 0 Å². The van der Waals surface area contributed by atoms with Crippen molar-refractivity contribution in [3.63, 3.8) is 0 Å². The molecule has 0 saturated carbocycles. The van der Waals surface area contributed by atoms with Gasteiger partial charge in [0.2, 0.25) is 0 Å². The van der Waals surface area contributed by atoms with E-state index in [1.54, 1.807) is 12.1 Å². The first kappa shape index (κ1) is 19.0. The fraction of sp³-hybridized carbons (Fsp3) is 0.333. The van der Waals surface area contributed by atoms with Crippen LogP contribution in [0.4, 0.5) is 4.39 Å². The fourth-order valence-electron chi connectivity index (χ4n) is 4.13. The summed E-state index contributed by atoms with van der Waals surface area (Å²) in [4.78, 5) is 20.9. The van der Waals surface area contributed by atoms with E-state index in [9.17, 15) is 4.39 Å². The van der Waals surface area contributed by atoms with E-state index in [0.29, 0.717) is 11.3 Å². The molecule has 0 saturated heterocycles. The second-order valence-corrected chi connectivity index (χ2v) is 7.94. The number of aliphatic imine (C=N–C) groups is 1. The van der Waals surface area contributed by atoms with Gasteiger partial charge in [-0.15, -0.1) is 0 Å². The molecule has 5 nitrogen and oxygen atoms in total. The minimum atomic E-state index is -0.246. The van der Waals surface area contributed by atoms with Gasteiger partial charge in [0.15, 0.2) is 5.82 Å². The molecule has 30 heavy (non-hydrogen) atoms. The van der Waals surface area contributed by atoms with Crippen LogP contribution in [0.15, 0.2) is 53.8 Å². The van der Waals surface area contributed by atoms with Crippen molar-refractivity contribution in [2.24, 2.45) is 4.99 Å². The lowest BCUT2D eigenvalue weighted by molar-refractivity contribution is 0.242. The molecule has 3 aromatic rings. The summed E-state index contributed by atoms with van der Waals surface area (Å²) in [6.45, 7) is 3.48. The van der Waals surface area contributed by atoms with Crippen molar-refractivity contribution >= 4 is 5.71 Å². The Kier molecular flexibility index (Phi) is 5.32. The first-order valence-corrected chi connectivity index (χ1v) is 10.6. The second kappa shape index (κ2) is 8.40. The molecule has 6 heteroatoms. The van der Waals surface area contributed by atoms with Crippen LogP contribution < -0.4 is 0 Å². The van der Waals surface area contributed by atoms with Gasteiger partial charge in [0.05, 0.1) is 17.1 Å². The summed E-state index contributed by atoms with van der Waals surface area (Å²) in [5.41, 5.74) is 5.72. The minimum Gasteiger partial charge on any atom is -0.294 e. The number of halogens is 1. The Morgan fingerprint density at radius 1 is 0.967 bits per heavy atom. The van der Waals surface area contributed by atoms with Crippen LogP contribution in [-0.2, 0) is 19.5 Å². The number of aromatic nitrogens is 3. The molecule has 2 aromatic heterocycles. The van der Waals surface area contributed by atoms with Crippen molar-refractivity contribution < 1.29 is 4.39 Å². The molecule has 5 rings (SSSR count). The molecule has 0 radical (unpaired) electrons. The van der Waals surface area contributed by atoms with Crippen molar-refractivity contribution in [3.05, 3.63) is 77.3 Å². The quantitative estimate of drug-likeness (QED) is 0.657. The molecule has 1 aromatic carbocycles. The summed E-state index contributed by atoms with van der Waals surface area (Å²) in [6.07, 6.45) is 8.06. The lowest BCUT2D eigenvalue weighted by Crippen LogP contribution is -2.31. The molecule has 0 aliphatic carbocycles. The van der Waals surface area contributed by atoms with Crippen LogP contribution in [0.2, 0.25) is 0 Å². The van der Waals surface area contributed by atoms with Crippen molar-refractivity contribution in [3.8, 4) is 11.3 Å². The topological polar surface area (TPSA) is 54.3 Å². The zero-order chi connectivity index (χ0) is 20.3. The summed E-state index contributed by atoms with van der Waals surface area (Å²) in [6, 6.07) is 10.7. The Balaban J connectivity index is 1.26. The molecule has 0 bridgehead atoms. The van der Waals surface area contributed by atoms with Gasteiger partial charge in [-0.05, 0) is 43.0 Å². The highest BCUT2D eigenvalue weighted by molar-refractivity contribution is 5.97. The van der Waals surface area contributed by atoms with Gasteiger partial charge in [-0.3, -0.25) is 14.9 Å². The standard InChI is InChI=1S/C24H24FN5/c25-20-6-2-1-5-19(20)22-9-8-17(13-27-22)15-30-12-10-21-18(16-30)14-28-24(29-21)23-7-3-4-11-26-23/h1-2,5-6,8-9,13-14H,3-4,7,10-12,15-16H2. The van der Waals surface area contributed by atoms with Gasteiger partial charge in [0.25, 0.3) is 0 Å². The molecular formula is C24H24FN5. The van der Waals surface area contributed by atoms with E-state index in [0.717, 1.165) is 61.8 Å². The van der Waals surface area contributed by atoms with Crippen LogP contribution in [0.3, 0.4) is 0 Å². The predicted octanol–water partition coefficient (Wildman–Crippen LogP) is 4.21. The van der Waals surface area contributed by atoms with Crippen LogP contribution in [0.1, 0.15) is 41.9 Å². The van der Waals surface area contributed by atoms with Crippen molar-refractivity contribution in [1.82, 2.24) is 19.9 Å². The Labute approximate surface area is 175 Å². The van der Waals surface area contributed by atoms with Gasteiger partial charge in [-0.2, -0.15) is 0 Å². The Morgan fingerprint density at radius 3 is 2.70 bits per heavy atom. The molecule has 2 aliphatic heterocycles. The largest absolute Gasteiger partial charge is 0.294 e. The minimum absolute atomic E-state index is 0.246. The van der Waals surface area contributed by atoms with Gasteiger partial charge in [-0.1, -0.05) is 18.2 Å². The zero-order valence-corrected chi connectivity index (χ0v) is 16.9. The van der Waals surface area contributed by atoms with Crippen LogP contribution in [0.25, 0.3) is 11.3 Å². The summed E-state index contributed by atoms with van der Waals surface area (Å²) in [7, 11) is 0. The maximum Gasteiger partial charge on any atom is 0.173 e. The van der Waals surface area contributed by atoms with Crippen molar-refractivity contribution in [2.75, 3.05) is 13.1 Å². The van der Waals surface area contributed by atoms with E-state index in [1.165, 1.54) is 24.5 Å². The third-order valence-electron chi connectivity index (χ3n) is 5.78. The zero-order valence-electron chi connectivity index (χ0n) is 16.9. The van der Waals surface area contributed by atoms with Crippen LogP contribution >= 0.6 is 0 Å². The maximum atomic E-state index is 14.0. The van der Waals surface area contributed by atoms with E-state index in [1.807, 2.05) is 30.6 Å². The van der Waals surface area contributed by atoms with E-state index in [4.69, 9.17) is 4.98 Å². The number of nitrogens with zero attached hydrogens (tertiary/aromatic N) is 5. The van der Waals surface area contributed by atoms with Gasteiger partial charge in [0, 0.05) is 56.1 Å². The van der Waals surface area contributed by atoms with Gasteiger partial charge in [0.1, 0.15) is 5.82 Å². The van der Waals surface area contributed by atoms with Crippen molar-refractivity contribution in [1.29, 1.82) is 0 Å². The third-order valence-corrected chi connectivity index (χ3v) is 5.78. The number of rotatable bonds is 4. The first-order valence-electron chi connectivity index (χ1n) is 10.6. The van der Waals surface area contributed by atoms with E-state index >= 15 is 0 Å². The number of hydrogen-bond donors (Lipinski definition) is 0. The van der Waals surface area contributed by atoms with Crippen LogP contribution in [0.5, 0.6) is 0 Å². The lowest BCUT2D eigenvalue weighted by Gasteiger charge is -2.28. The molecule has 4 heterocycles.